The molecular formula is C24H19N3O4. The molecule has 2 aromatic heterocycles. The average molecular weight is 413 g/mol. The Morgan fingerprint density at radius 2 is 2.00 bits per heavy atom. The van der Waals surface area contributed by atoms with Gasteiger partial charge in [0.25, 0.3) is 5.78 Å². The van der Waals surface area contributed by atoms with Crippen LogP contribution in [0.4, 0.5) is 5.82 Å². The molecule has 2 aliphatic heterocycles. The first-order valence-electron chi connectivity index (χ1n) is 9.96. The fraction of sp³-hybridized carbons (Fsp3) is 0.167. The van der Waals surface area contributed by atoms with Crippen LogP contribution < -0.4 is 9.64 Å². The number of aromatic nitrogens is 2. The number of carbonyl (C=O) groups is 2. The largest absolute Gasteiger partial charge is 0.507 e. The smallest absolute Gasteiger partial charge is 0.301 e. The van der Waals surface area contributed by atoms with Crippen LogP contribution in [0.5, 0.6) is 5.75 Å². The topological polar surface area (TPSA) is 92.6 Å². The molecule has 0 bridgehead atoms. The van der Waals surface area contributed by atoms with E-state index in [2.05, 4.69) is 9.97 Å². The number of nitrogens with zero attached hydrogens (tertiary/aromatic N) is 3. The number of Topliss-reactive ketones (excluding diaryl/α,β-unsaturated/α-hetero) is 1. The Morgan fingerprint density at radius 3 is 2.74 bits per heavy atom. The van der Waals surface area contributed by atoms with Crippen molar-refractivity contribution in [3.8, 4) is 5.75 Å². The van der Waals surface area contributed by atoms with E-state index >= 15 is 0 Å². The molecule has 5 rings (SSSR count). The van der Waals surface area contributed by atoms with E-state index in [0.29, 0.717) is 23.4 Å². The minimum absolute atomic E-state index is 0.00978. The second-order valence-corrected chi connectivity index (χ2v) is 7.60. The average Bonchev–Trinajstić information content (AvgIpc) is 3.30. The third-order valence-corrected chi connectivity index (χ3v) is 5.51. The standard InChI is InChI=1S/C24H19N3O4/c1-14-11-17-12-15(7-8-18(17)31-14)22(28)20-21(16-5-4-9-25-13-16)27(24(30)23(20)29)19-6-2-3-10-26-19/h2-10,12-14,21,28H,11H2,1H3/b22-20+. The first kappa shape index (κ1) is 19.0. The number of rotatable bonds is 3. The number of ketones is 1. The van der Waals surface area contributed by atoms with Crippen molar-refractivity contribution >= 4 is 23.3 Å². The summed E-state index contributed by atoms with van der Waals surface area (Å²) in [6.45, 7) is 1.97. The Hall–Kier alpha value is -4.00. The number of amides is 1. The molecule has 0 saturated carbocycles. The third kappa shape index (κ3) is 3.15. The van der Waals surface area contributed by atoms with Crippen molar-refractivity contribution in [1.29, 1.82) is 0 Å². The maximum Gasteiger partial charge on any atom is 0.301 e. The van der Waals surface area contributed by atoms with Crippen LogP contribution in [0.25, 0.3) is 5.76 Å². The molecule has 1 fully saturated rings. The van der Waals surface area contributed by atoms with Crippen LogP contribution in [0.2, 0.25) is 0 Å². The first-order chi connectivity index (χ1) is 15.0. The Kier molecular flexibility index (Phi) is 4.51. The lowest BCUT2D eigenvalue weighted by molar-refractivity contribution is -0.132. The van der Waals surface area contributed by atoms with Crippen molar-refractivity contribution in [2.75, 3.05) is 4.90 Å². The molecule has 31 heavy (non-hydrogen) atoms. The monoisotopic (exact) mass is 413 g/mol. The summed E-state index contributed by atoms with van der Waals surface area (Å²) in [4.78, 5) is 35.8. The van der Waals surface area contributed by atoms with Gasteiger partial charge in [-0.2, -0.15) is 0 Å². The van der Waals surface area contributed by atoms with Gasteiger partial charge in [0.1, 0.15) is 23.4 Å². The highest BCUT2D eigenvalue weighted by Gasteiger charge is 2.47. The minimum Gasteiger partial charge on any atom is -0.507 e. The maximum absolute atomic E-state index is 13.1. The van der Waals surface area contributed by atoms with Crippen molar-refractivity contribution in [2.45, 2.75) is 25.5 Å². The molecule has 3 aromatic rings. The van der Waals surface area contributed by atoms with Gasteiger partial charge in [-0.05, 0) is 54.4 Å². The zero-order chi connectivity index (χ0) is 21.5. The molecule has 1 saturated heterocycles. The number of hydrogen-bond acceptors (Lipinski definition) is 6. The second kappa shape index (κ2) is 7.36. The van der Waals surface area contributed by atoms with Crippen molar-refractivity contribution in [3.63, 3.8) is 0 Å². The predicted octanol–water partition coefficient (Wildman–Crippen LogP) is 3.43. The van der Waals surface area contributed by atoms with E-state index in [1.165, 1.54) is 4.90 Å². The predicted molar refractivity (Wildman–Crippen MR) is 113 cm³/mol. The van der Waals surface area contributed by atoms with E-state index in [1.807, 2.05) is 13.0 Å². The van der Waals surface area contributed by atoms with Gasteiger partial charge in [-0.1, -0.05) is 12.1 Å². The van der Waals surface area contributed by atoms with Crippen LogP contribution in [-0.4, -0.2) is 32.9 Å². The van der Waals surface area contributed by atoms with E-state index in [0.717, 1.165) is 11.3 Å². The van der Waals surface area contributed by atoms with Crippen LogP contribution in [0.3, 0.4) is 0 Å². The molecule has 4 heterocycles. The van der Waals surface area contributed by atoms with Crippen LogP contribution in [-0.2, 0) is 16.0 Å². The SMILES string of the molecule is CC1Cc2cc(/C(O)=C3\C(=O)C(=O)N(c4ccccn4)C3c3cccnc3)ccc2O1. The molecule has 0 aliphatic carbocycles. The second-order valence-electron chi connectivity index (χ2n) is 7.60. The van der Waals surface area contributed by atoms with E-state index < -0.39 is 17.7 Å². The Balaban J connectivity index is 1.68. The summed E-state index contributed by atoms with van der Waals surface area (Å²) in [5.74, 6) is -0.641. The van der Waals surface area contributed by atoms with Gasteiger partial charge in [0.2, 0.25) is 0 Å². The zero-order valence-electron chi connectivity index (χ0n) is 16.7. The normalized spacial score (nSPS) is 21.8. The summed E-state index contributed by atoms with van der Waals surface area (Å²) in [6, 6.07) is 13.1. The summed E-state index contributed by atoms with van der Waals surface area (Å²) < 4.78 is 5.73. The molecule has 2 unspecified atom stereocenters. The number of fused-ring (bicyclic) bond motifs is 1. The molecular weight excluding hydrogens is 394 g/mol. The zero-order valence-corrected chi connectivity index (χ0v) is 16.7. The highest BCUT2D eigenvalue weighted by molar-refractivity contribution is 6.51. The van der Waals surface area contributed by atoms with Gasteiger partial charge in [0.15, 0.2) is 0 Å². The lowest BCUT2D eigenvalue weighted by atomic mass is 9.95. The summed E-state index contributed by atoms with van der Waals surface area (Å²) in [6.07, 6.45) is 5.51. The number of carbonyl (C=O) groups excluding carboxylic acids is 2. The molecule has 7 heteroatoms. The van der Waals surface area contributed by atoms with Crippen LogP contribution >= 0.6 is 0 Å². The lowest BCUT2D eigenvalue weighted by Gasteiger charge is -2.24. The molecule has 154 valence electrons. The number of ether oxygens (including phenoxy) is 1. The minimum atomic E-state index is -0.841. The number of anilines is 1. The first-order valence-corrected chi connectivity index (χ1v) is 9.96. The fourth-order valence-electron chi connectivity index (χ4n) is 4.14. The molecule has 0 radical (unpaired) electrons. The summed E-state index contributed by atoms with van der Waals surface area (Å²) >= 11 is 0. The highest BCUT2D eigenvalue weighted by Crippen LogP contribution is 2.42. The molecule has 2 aliphatic rings. The van der Waals surface area contributed by atoms with Gasteiger partial charge in [0, 0.05) is 30.6 Å². The molecule has 1 aromatic carbocycles. The number of benzene rings is 1. The van der Waals surface area contributed by atoms with Gasteiger partial charge in [-0.25, -0.2) is 4.98 Å². The molecule has 1 amide bonds. The van der Waals surface area contributed by atoms with Crippen molar-refractivity contribution in [3.05, 3.63) is 89.4 Å². The van der Waals surface area contributed by atoms with Crippen molar-refractivity contribution in [1.82, 2.24) is 9.97 Å². The third-order valence-electron chi connectivity index (χ3n) is 5.51. The van der Waals surface area contributed by atoms with Crippen LogP contribution in [0.15, 0.2) is 72.7 Å². The van der Waals surface area contributed by atoms with Gasteiger partial charge >= 0.3 is 5.91 Å². The maximum atomic E-state index is 13.1. The number of aliphatic hydroxyl groups is 1. The van der Waals surface area contributed by atoms with Crippen molar-refractivity contribution in [2.24, 2.45) is 0 Å². The Labute approximate surface area is 178 Å². The Morgan fingerprint density at radius 1 is 1.13 bits per heavy atom. The lowest BCUT2D eigenvalue weighted by Crippen LogP contribution is -2.30. The molecule has 2 atom stereocenters. The fourth-order valence-corrected chi connectivity index (χ4v) is 4.14. The van der Waals surface area contributed by atoms with Crippen molar-refractivity contribution < 1.29 is 19.4 Å². The van der Waals surface area contributed by atoms with E-state index in [1.54, 1.807) is 61.1 Å². The Bertz CT molecular complexity index is 1210. The van der Waals surface area contributed by atoms with E-state index in [4.69, 9.17) is 4.74 Å². The number of pyridine rings is 2. The summed E-state index contributed by atoms with van der Waals surface area (Å²) in [7, 11) is 0. The van der Waals surface area contributed by atoms with E-state index in [9.17, 15) is 14.7 Å². The highest BCUT2D eigenvalue weighted by atomic mass is 16.5. The van der Waals surface area contributed by atoms with Gasteiger partial charge < -0.3 is 9.84 Å². The molecule has 7 nitrogen and oxygen atoms in total. The van der Waals surface area contributed by atoms with Gasteiger partial charge in [-0.15, -0.1) is 0 Å². The van der Waals surface area contributed by atoms with Gasteiger partial charge in [0.05, 0.1) is 11.6 Å². The van der Waals surface area contributed by atoms with E-state index in [-0.39, 0.29) is 17.4 Å². The van der Waals surface area contributed by atoms with Crippen LogP contribution in [0.1, 0.15) is 29.7 Å². The molecule has 0 spiro atoms. The number of aliphatic hydroxyl groups excluding tert-OH is 1. The van der Waals surface area contributed by atoms with Crippen LogP contribution in [0, 0.1) is 0 Å². The number of hydrogen-bond donors (Lipinski definition) is 1. The summed E-state index contributed by atoms with van der Waals surface area (Å²) in [5.41, 5.74) is 2.03. The van der Waals surface area contributed by atoms with Gasteiger partial charge in [-0.3, -0.25) is 19.5 Å². The summed E-state index contributed by atoms with van der Waals surface area (Å²) in [5, 5.41) is 11.2. The quantitative estimate of drug-likeness (QED) is 0.402. The molecule has 1 N–H and O–H groups in total.